The van der Waals surface area contributed by atoms with Crippen molar-refractivity contribution < 1.29 is 18.7 Å². The van der Waals surface area contributed by atoms with Gasteiger partial charge in [0.2, 0.25) is 11.8 Å². The maximum absolute atomic E-state index is 12.9. The highest BCUT2D eigenvalue weighted by Gasteiger charge is 2.36. The van der Waals surface area contributed by atoms with E-state index < -0.39 is 6.04 Å². The van der Waals surface area contributed by atoms with E-state index in [4.69, 9.17) is 9.15 Å². The van der Waals surface area contributed by atoms with Crippen molar-refractivity contribution in [2.45, 2.75) is 37.3 Å². The van der Waals surface area contributed by atoms with Gasteiger partial charge in [-0.2, -0.15) is 0 Å². The summed E-state index contributed by atoms with van der Waals surface area (Å²) in [6.45, 7) is 3.82. The molecule has 1 aromatic carbocycles. The number of hydrogen-bond acceptors (Lipinski definition) is 5. The van der Waals surface area contributed by atoms with Crippen LogP contribution in [0.5, 0.6) is 0 Å². The number of ether oxygens (including phenoxy) is 1. The Labute approximate surface area is 176 Å². The zero-order valence-electron chi connectivity index (χ0n) is 17.1. The van der Waals surface area contributed by atoms with Gasteiger partial charge in [0, 0.05) is 50.4 Å². The topological polar surface area (TPSA) is 83.8 Å². The molecule has 30 heavy (non-hydrogen) atoms. The fraction of sp³-hybridized carbons (Fsp3) is 0.478. The van der Waals surface area contributed by atoms with Crippen LogP contribution in [0.15, 0.2) is 53.3 Å². The smallest absolute Gasteiger partial charge is 0.237 e. The molecule has 2 aromatic rings. The average molecular weight is 412 g/mol. The van der Waals surface area contributed by atoms with Gasteiger partial charge in [-0.1, -0.05) is 30.3 Å². The average Bonchev–Trinajstić information content (AvgIpc) is 3.29. The highest BCUT2D eigenvalue weighted by atomic mass is 16.5. The van der Waals surface area contributed by atoms with Crippen molar-refractivity contribution in [3.05, 3.63) is 60.1 Å². The van der Waals surface area contributed by atoms with Crippen LogP contribution in [0.2, 0.25) is 0 Å². The molecule has 160 valence electrons. The van der Waals surface area contributed by atoms with Crippen LogP contribution in [0, 0.1) is 0 Å². The number of benzene rings is 1. The molecule has 2 amide bonds. The molecule has 0 bridgehead atoms. The van der Waals surface area contributed by atoms with Gasteiger partial charge in [-0.3, -0.25) is 14.5 Å². The van der Waals surface area contributed by atoms with Crippen molar-refractivity contribution in [2.75, 3.05) is 32.8 Å². The molecule has 0 spiro atoms. The largest absolute Gasteiger partial charge is 0.472 e. The summed E-state index contributed by atoms with van der Waals surface area (Å²) in [5.74, 6) is -0.195. The number of nitrogens with one attached hydrogen (secondary N) is 2. The predicted octanol–water partition coefficient (Wildman–Crippen LogP) is 1.83. The first-order valence-corrected chi connectivity index (χ1v) is 10.6. The second-order valence-electron chi connectivity index (χ2n) is 8.15. The Kier molecular flexibility index (Phi) is 6.50. The Morgan fingerprint density at radius 1 is 1.20 bits per heavy atom. The number of furan rings is 1. The van der Waals surface area contributed by atoms with Crippen LogP contribution in [0.4, 0.5) is 0 Å². The molecule has 1 atom stereocenters. The van der Waals surface area contributed by atoms with Crippen LogP contribution in [0.1, 0.15) is 30.4 Å². The van der Waals surface area contributed by atoms with Crippen LogP contribution < -0.4 is 10.6 Å². The lowest BCUT2D eigenvalue weighted by Crippen LogP contribution is -2.56. The van der Waals surface area contributed by atoms with Crippen molar-refractivity contribution in [3.63, 3.8) is 0 Å². The summed E-state index contributed by atoms with van der Waals surface area (Å²) in [5.41, 5.74) is 2.10. The van der Waals surface area contributed by atoms with Gasteiger partial charge in [-0.15, -0.1) is 0 Å². The summed E-state index contributed by atoms with van der Waals surface area (Å²) >= 11 is 0. The second kappa shape index (κ2) is 9.45. The third-order valence-electron chi connectivity index (χ3n) is 6.25. The van der Waals surface area contributed by atoms with Crippen LogP contribution in [-0.2, 0) is 26.3 Å². The minimum absolute atomic E-state index is 0.0938. The zero-order chi connectivity index (χ0) is 20.8. The Bertz CT molecular complexity index is 831. The molecule has 1 aromatic heterocycles. The van der Waals surface area contributed by atoms with Crippen LogP contribution >= 0.6 is 0 Å². The molecule has 2 aliphatic rings. The van der Waals surface area contributed by atoms with Gasteiger partial charge in [-0.25, -0.2) is 0 Å². The normalized spacial score (nSPS) is 21.7. The van der Waals surface area contributed by atoms with E-state index in [1.165, 1.54) is 5.56 Å². The third kappa shape index (κ3) is 4.74. The highest BCUT2D eigenvalue weighted by Crippen LogP contribution is 2.34. The van der Waals surface area contributed by atoms with Crippen LogP contribution in [0.25, 0.3) is 0 Å². The molecular weight excluding hydrogens is 382 g/mol. The molecule has 2 fully saturated rings. The standard InChI is InChI=1S/C23H29N3O4/c27-21(14-20-22(28)24-9-10-26(20)15-18-6-11-30-16-18)25-17-23(7-12-29-13-8-23)19-4-2-1-3-5-19/h1-6,11,16,20H,7-10,12-15,17H2,(H,24,28)(H,25,27)/t20-/m1/s1. The van der Waals surface area contributed by atoms with Crippen molar-refractivity contribution in [1.29, 1.82) is 0 Å². The third-order valence-corrected chi connectivity index (χ3v) is 6.25. The lowest BCUT2D eigenvalue weighted by Gasteiger charge is -2.38. The SMILES string of the molecule is O=C(C[C@@H]1C(=O)NCCN1Cc1ccoc1)NCC1(c2ccccc2)CCOCC1. The predicted molar refractivity (Wildman–Crippen MR) is 112 cm³/mol. The fourth-order valence-corrected chi connectivity index (χ4v) is 4.43. The van der Waals surface area contributed by atoms with Crippen molar-refractivity contribution in [2.24, 2.45) is 0 Å². The van der Waals surface area contributed by atoms with E-state index in [9.17, 15) is 9.59 Å². The lowest BCUT2D eigenvalue weighted by molar-refractivity contribution is -0.134. The fourth-order valence-electron chi connectivity index (χ4n) is 4.43. The zero-order valence-corrected chi connectivity index (χ0v) is 17.1. The van der Waals surface area contributed by atoms with E-state index in [-0.39, 0.29) is 23.7 Å². The molecule has 3 heterocycles. The van der Waals surface area contributed by atoms with Gasteiger partial charge in [0.05, 0.1) is 25.0 Å². The van der Waals surface area contributed by atoms with Gasteiger partial charge in [0.15, 0.2) is 0 Å². The molecular formula is C23H29N3O4. The van der Waals surface area contributed by atoms with Crippen LogP contribution in [0.3, 0.4) is 0 Å². The van der Waals surface area contributed by atoms with E-state index in [1.54, 1.807) is 12.5 Å². The molecule has 7 nitrogen and oxygen atoms in total. The summed E-state index contributed by atoms with van der Waals surface area (Å²) in [6, 6.07) is 11.7. The first kappa shape index (κ1) is 20.6. The molecule has 0 unspecified atom stereocenters. The molecule has 0 saturated carbocycles. The summed E-state index contributed by atoms with van der Waals surface area (Å²) in [4.78, 5) is 27.4. The Morgan fingerprint density at radius 3 is 2.73 bits per heavy atom. The first-order valence-electron chi connectivity index (χ1n) is 10.6. The number of nitrogens with zero attached hydrogens (tertiary/aromatic N) is 1. The van der Waals surface area contributed by atoms with E-state index in [1.807, 2.05) is 29.2 Å². The van der Waals surface area contributed by atoms with Crippen molar-refractivity contribution in [3.8, 4) is 0 Å². The molecule has 7 heteroatoms. The van der Waals surface area contributed by atoms with Crippen LogP contribution in [-0.4, -0.2) is 55.6 Å². The summed E-state index contributed by atoms with van der Waals surface area (Å²) < 4.78 is 10.7. The number of hydrogen-bond donors (Lipinski definition) is 2. The minimum Gasteiger partial charge on any atom is -0.472 e. The summed E-state index contributed by atoms with van der Waals surface area (Å²) in [6.07, 6.45) is 5.18. The second-order valence-corrected chi connectivity index (χ2v) is 8.15. The Balaban J connectivity index is 1.40. The van der Waals surface area contributed by atoms with E-state index in [2.05, 4.69) is 22.8 Å². The maximum Gasteiger partial charge on any atom is 0.237 e. The quantitative estimate of drug-likeness (QED) is 0.726. The number of carbonyl (C=O) groups is 2. The van der Waals surface area contributed by atoms with Crippen molar-refractivity contribution in [1.82, 2.24) is 15.5 Å². The summed E-state index contributed by atoms with van der Waals surface area (Å²) in [7, 11) is 0. The molecule has 0 radical (unpaired) electrons. The minimum atomic E-state index is -0.476. The van der Waals surface area contributed by atoms with E-state index >= 15 is 0 Å². The number of piperazine rings is 1. The molecule has 2 N–H and O–H groups in total. The lowest BCUT2D eigenvalue weighted by atomic mass is 9.74. The Hall–Kier alpha value is -2.64. The monoisotopic (exact) mass is 411 g/mol. The van der Waals surface area contributed by atoms with Gasteiger partial charge < -0.3 is 19.8 Å². The molecule has 0 aliphatic carbocycles. The first-order chi connectivity index (χ1) is 14.7. The van der Waals surface area contributed by atoms with Gasteiger partial charge in [0.25, 0.3) is 0 Å². The van der Waals surface area contributed by atoms with Gasteiger partial charge in [0.1, 0.15) is 0 Å². The molecule has 4 rings (SSSR count). The van der Waals surface area contributed by atoms with Gasteiger partial charge >= 0.3 is 0 Å². The maximum atomic E-state index is 12.9. The Morgan fingerprint density at radius 2 is 2.00 bits per heavy atom. The van der Waals surface area contributed by atoms with E-state index in [0.29, 0.717) is 39.4 Å². The van der Waals surface area contributed by atoms with Crippen molar-refractivity contribution >= 4 is 11.8 Å². The van der Waals surface area contributed by atoms with E-state index in [0.717, 1.165) is 18.4 Å². The number of amides is 2. The highest BCUT2D eigenvalue weighted by molar-refractivity contribution is 5.88. The summed E-state index contributed by atoms with van der Waals surface area (Å²) in [5, 5.41) is 6.00. The van der Waals surface area contributed by atoms with Gasteiger partial charge in [-0.05, 0) is 24.5 Å². The number of carbonyl (C=O) groups excluding carboxylic acids is 2. The molecule has 2 aliphatic heterocycles. The molecule has 2 saturated heterocycles. The number of rotatable bonds is 7.